The highest BCUT2D eigenvalue weighted by Crippen LogP contribution is 2.30. The zero-order valence-electron chi connectivity index (χ0n) is 12.7. The molecule has 0 atom stereocenters. The molecule has 0 spiro atoms. The van der Waals surface area contributed by atoms with Gasteiger partial charge in [-0.3, -0.25) is 9.52 Å². The molecule has 0 radical (unpaired) electrons. The Morgan fingerprint density at radius 2 is 1.72 bits per heavy atom. The van der Waals surface area contributed by atoms with Crippen LogP contribution >= 0.6 is 0 Å². The van der Waals surface area contributed by atoms with E-state index in [1.807, 2.05) is 0 Å². The van der Waals surface area contributed by atoms with Crippen LogP contribution in [0.5, 0.6) is 0 Å². The van der Waals surface area contributed by atoms with Crippen molar-refractivity contribution in [1.29, 1.82) is 0 Å². The van der Waals surface area contributed by atoms with E-state index in [0.717, 1.165) is 17.7 Å². The van der Waals surface area contributed by atoms with E-state index in [4.69, 9.17) is 0 Å². The molecule has 3 rings (SSSR count). The zero-order valence-corrected chi connectivity index (χ0v) is 13.5. The molecule has 1 amide bonds. The summed E-state index contributed by atoms with van der Waals surface area (Å²) in [6.07, 6.45) is -3.89. The Bertz CT molecular complexity index is 923. The van der Waals surface area contributed by atoms with E-state index in [1.165, 1.54) is 12.1 Å². The molecule has 132 valence electrons. The minimum Gasteiger partial charge on any atom is -0.352 e. The lowest BCUT2D eigenvalue weighted by atomic mass is 10.00. The van der Waals surface area contributed by atoms with Crippen molar-refractivity contribution in [2.75, 3.05) is 11.3 Å². The Balaban J connectivity index is 1.87. The number of hydrogen-bond donors (Lipinski definition) is 2. The van der Waals surface area contributed by atoms with Gasteiger partial charge in [-0.2, -0.15) is 13.2 Å². The van der Waals surface area contributed by atoms with Crippen LogP contribution in [0.1, 0.15) is 21.5 Å². The van der Waals surface area contributed by atoms with E-state index >= 15 is 0 Å². The monoisotopic (exact) mass is 370 g/mol. The molecule has 1 aliphatic heterocycles. The largest absolute Gasteiger partial charge is 0.416 e. The first-order valence-corrected chi connectivity index (χ1v) is 8.76. The molecule has 2 aromatic carbocycles. The Labute approximate surface area is 141 Å². The van der Waals surface area contributed by atoms with Crippen molar-refractivity contribution >= 4 is 21.6 Å². The summed E-state index contributed by atoms with van der Waals surface area (Å²) < 4.78 is 64.6. The lowest BCUT2D eigenvalue weighted by molar-refractivity contribution is -0.137. The van der Waals surface area contributed by atoms with Crippen molar-refractivity contribution in [2.45, 2.75) is 17.5 Å². The number of anilines is 1. The molecule has 1 heterocycles. The smallest absolute Gasteiger partial charge is 0.352 e. The Morgan fingerprint density at radius 3 is 2.36 bits per heavy atom. The summed E-state index contributed by atoms with van der Waals surface area (Å²) in [6.45, 7) is 0.516. The van der Waals surface area contributed by atoms with E-state index in [2.05, 4.69) is 10.0 Å². The highest BCUT2D eigenvalue weighted by Gasteiger charge is 2.30. The fourth-order valence-corrected chi connectivity index (χ4v) is 3.56. The molecule has 2 N–H and O–H groups in total. The molecule has 0 saturated carbocycles. The first-order valence-electron chi connectivity index (χ1n) is 7.28. The standard InChI is InChI=1S/C16H13F3N2O3S/c17-16(18,19)11-2-5-13(6-3-11)25(23,24)21-12-4-1-10-7-8-20-15(22)14(10)9-12/h1-6,9,21H,7-8H2,(H,20,22). The van der Waals surface area contributed by atoms with Crippen LogP contribution in [0.15, 0.2) is 47.4 Å². The number of carbonyl (C=O) groups excluding carboxylic acids is 1. The minimum atomic E-state index is -4.54. The van der Waals surface area contributed by atoms with Crippen LogP contribution in [-0.2, 0) is 22.6 Å². The molecule has 2 aromatic rings. The van der Waals surface area contributed by atoms with Crippen molar-refractivity contribution in [3.05, 3.63) is 59.2 Å². The van der Waals surface area contributed by atoms with Crippen molar-refractivity contribution < 1.29 is 26.4 Å². The summed E-state index contributed by atoms with van der Waals surface area (Å²) in [6, 6.07) is 7.75. The predicted molar refractivity (Wildman–Crippen MR) is 84.7 cm³/mol. The van der Waals surface area contributed by atoms with Crippen molar-refractivity contribution in [3.8, 4) is 0 Å². The van der Waals surface area contributed by atoms with Gasteiger partial charge in [-0.05, 0) is 48.4 Å². The van der Waals surface area contributed by atoms with Crippen LogP contribution in [0.2, 0.25) is 0 Å². The van der Waals surface area contributed by atoms with E-state index < -0.39 is 21.8 Å². The topological polar surface area (TPSA) is 75.3 Å². The van der Waals surface area contributed by atoms with Crippen LogP contribution in [0.25, 0.3) is 0 Å². The summed E-state index contributed by atoms with van der Waals surface area (Å²) in [7, 11) is -4.07. The van der Waals surface area contributed by atoms with Gasteiger partial charge in [0.25, 0.3) is 15.9 Å². The normalized spacial score (nSPS) is 14.6. The van der Waals surface area contributed by atoms with Gasteiger partial charge in [-0.25, -0.2) is 8.42 Å². The Kier molecular flexibility index (Phi) is 4.19. The SMILES string of the molecule is O=C1NCCc2ccc(NS(=O)(=O)c3ccc(C(F)(F)F)cc3)cc21. The van der Waals surface area contributed by atoms with Crippen LogP contribution in [0.4, 0.5) is 18.9 Å². The Hall–Kier alpha value is -2.55. The molecule has 0 fully saturated rings. The molecule has 0 bridgehead atoms. The van der Waals surface area contributed by atoms with Crippen LogP contribution in [0.3, 0.4) is 0 Å². The Morgan fingerprint density at radius 1 is 1.04 bits per heavy atom. The third kappa shape index (κ3) is 3.60. The maximum absolute atomic E-state index is 12.6. The summed E-state index contributed by atoms with van der Waals surface area (Å²) >= 11 is 0. The second kappa shape index (κ2) is 6.07. The highest BCUT2D eigenvalue weighted by atomic mass is 32.2. The molecule has 0 aliphatic carbocycles. The van der Waals surface area contributed by atoms with Gasteiger partial charge in [0.05, 0.1) is 10.5 Å². The summed E-state index contributed by atoms with van der Waals surface area (Å²) in [5, 5.41) is 2.66. The molecule has 0 unspecified atom stereocenters. The lowest BCUT2D eigenvalue weighted by Crippen LogP contribution is -2.31. The van der Waals surface area contributed by atoms with Crippen LogP contribution in [-0.4, -0.2) is 20.9 Å². The number of sulfonamides is 1. The molecule has 9 heteroatoms. The van der Waals surface area contributed by atoms with E-state index in [9.17, 15) is 26.4 Å². The summed E-state index contributed by atoms with van der Waals surface area (Å²) in [5.74, 6) is -0.295. The summed E-state index contributed by atoms with van der Waals surface area (Å²) in [4.78, 5) is 11.5. The fourth-order valence-electron chi connectivity index (χ4n) is 2.51. The molecular formula is C16H13F3N2O3S. The quantitative estimate of drug-likeness (QED) is 0.872. The molecule has 5 nitrogen and oxygen atoms in total. The minimum absolute atomic E-state index is 0.163. The second-order valence-electron chi connectivity index (χ2n) is 5.51. The van der Waals surface area contributed by atoms with E-state index in [1.54, 1.807) is 6.07 Å². The summed E-state index contributed by atoms with van der Waals surface area (Å²) in [5.41, 5.74) is 0.410. The molecular weight excluding hydrogens is 357 g/mol. The number of hydrogen-bond acceptors (Lipinski definition) is 3. The number of carbonyl (C=O) groups is 1. The number of halogens is 3. The third-order valence-electron chi connectivity index (χ3n) is 3.78. The van der Waals surface area contributed by atoms with Gasteiger partial charge in [0.1, 0.15) is 0 Å². The maximum atomic E-state index is 12.6. The van der Waals surface area contributed by atoms with Gasteiger partial charge >= 0.3 is 6.18 Å². The molecule has 1 aliphatic rings. The van der Waals surface area contributed by atoms with Crippen LogP contribution in [0, 0.1) is 0 Å². The predicted octanol–water partition coefficient (Wildman–Crippen LogP) is 2.79. The maximum Gasteiger partial charge on any atom is 0.416 e. The van der Waals surface area contributed by atoms with Gasteiger partial charge < -0.3 is 5.32 Å². The van der Waals surface area contributed by atoms with Gasteiger partial charge in [0, 0.05) is 17.8 Å². The number of amides is 1. The van der Waals surface area contributed by atoms with Gasteiger partial charge in [-0.15, -0.1) is 0 Å². The first-order chi connectivity index (χ1) is 11.7. The van der Waals surface area contributed by atoms with Crippen molar-refractivity contribution in [2.24, 2.45) is 0 Å². The fraction of sp³-hybridized carbons (Fsp3) is 0.188. The first kappa shape index (κ1) is 17.3. The molecule has 0 saturated heterocycles. The number of alkyl halides is 3. The average molecular weight is 370 g/mol. The number of fused-ring (bicyclic) bond motifs is 1. The number of benzene rings is 2. The van der Waals surface area contributed by atoms with Crippen molar-refractivity contribution in [3.63, 3.8) is 0 Å². The average Bonchev–Trinajstić information content (AvgIpc) is 2.55. The lowest BCUT2D eigenvalue weighted by Gasteiger charge is -2.17. The van der Waals surface area contributed by atoms with Crippen molar-refractivity contribution in [1.82, 2.24) is 5.32 Å². The third-order valence-corrected chi connectivity index (χ3v) is 5.18. The second-order valence-corrected chi connectivity index (χ2v) is 7.19. The van der Waals surface area contributed by atoms with E-state index in [0.29, 0.717) is 30.7 Å². The zero-order chi connectivity index (χ0) is 18.2. The number of nitrogens with one attached hydrogen (secondary N) is 2. The van der Waals surface area contributed by atoms with Gasteiger partial charge in [-0.1, -0.05) is 6.07 Å². The van der Waals surface area contributed by atoms with Gasteiger partial charge in [0.15, 0.2) is 0 Å². The molecule has 25 heavy (non-hydrogen) atoms. The van der Waals surface area contributed by atoms with Crippen LogP contribution < -0.4 is 10.0 Å². The number of rotatable bonds is 3. The molecule has 0 aromatic heterocycles. The van der Waals surface area contributed by atoms with E-state index in [-0.39, 0.29) is 16.5 Å². The van der Waals surface area contributed by atoms with Gasteiger partial charge in [0.2, 0.25) is 0 Å². The highest BCUT2D eigenvalue weighted by molar-refractivity contribution is 7.92.